The zero-order valence-electron chi connectivity index (χ0n) is 17.8. The highest BCUT2D eigenvalue weighted by atomic mass is 79.9. The molecule has 0 aliphatic heterocycles. The van der Waals surface area contributed by atoms with Crippen molar-refractivity contribution in [1.29, 1.82) is 0 Å². The fourth-order valence-electron chi connectivity index (χ4n) is 2.97. The van der Waals surface area contributed by atoms with E-state index in [1.54, 1.807) is 37.6 Å². The highest BCUT2D eigenvalue weighted by Gasteiger charge is 2.17. The van der Waals surface area contributed by atoms with Crippen LogP contribution in [0.4, 0.5) is 10.8 Å². The Kier molecular flexibility index (Phi) is 7.09. The quantitative estimate of drug-likeness (QED) is 0.124. The molecule has 10 heteroatoms. The average Bonchev–Trinajstić information content (AvgIpc) is 3.26. The molecule has 1 heterocycles. The number of nitro benzene ring substituents is 1. The van der Waals surface area contributed by atoms with E-state index in [0.717, 1.165) is 20.3 Å². The number of hydrogen-bond acceptors (Lipinski definition) is 7. The van der Waals surface area contributed by atoms with E-state index in [0.29, 0.717) is 16.4 Å². The Balaban J connectivity index is 1.66. The summed E-state index contributed by atoms with van der Waals surface area (Å²) in [5, 5.41) is 17.0. The van der Waals surface area contributed by atoms with E-state index in [4.69, 9.17) is 4.74 Å². The maximum Gasteiger partial charge on any atom is 0.273 e. The maximum absolute atomic E-state index is 13.1. The lowest BCUT2D eigenvalue weighted by molar-refractivity contribution is -0.384. The van der Waals surface area contributed by atoms with Gasteiger partial charge in [0.2, 0.25) is 5.13 Å². The molecule has 170 valence electrons. The van der Waals surface area contributed by atoms with Crippen molar-refractivity contribution in [2.45, 2.75) is 0 Å². The van der Waals surface area contributed by atoms with Gasteiger partial charge in [0.15, 0.2) is 0 Å². The van der Waals surface area contributed by atoms with Crippen molar-refractivity contribution in [3.8, 4) is 5.75 Å². The van der Waals surface area contributed by atoms with Gasteiger partial charge in [0.1, 0.15) is 5.75 Å². The van der Waals surface area contributed by atoms with Gasteiger partial charge in [0.25, 0.3) is 11.6 Å². The molecule has 0 saturated carbocycles. The normalized spacial score (nSPS) is 11.4. The summed E-state index contributed by atoms with van der Waals surface area (Å²) in [4.78, 5) is 28.2. The summed E-state index contributed by atoms with van der Waals surface area (Å²) >= 11 is 4.77. The summed E-state index contributed by atoms with van der Waals surface area (Å²) in [6.07, 6.45) is 4.38. The second kappa shape index (κ2) is 10.4. The van der Waals surface area contributed by atoms with Crippen LogP contribution in [0.5, 0.6) is 5.75 Å². The third-order valence-corrected chi connectivity index (χ3v) is 6.15. The first-order valence-corrected chi connectivity index (χ1v) is 11.5. The third kappa shape index (κ3) is 5.53. The van der Waals surface area contributed by atoms with E-state index < -0.39 is 10.8 Å². The molecule has 34 heavy (non-hydrogen) atoms. The molecule has 0 radical (unpaired) electrons. The molecule has 3 aromatic carbocycles. The number of hydrazone groups is 1. The second-order valence-corrected chi connectivity index (χ2v) is 8.89. The van der Waals surface area contributed by atoms with Crippen LogP contribution in [0.2, 0.25) is 0 Å². The largest absolute Gasteiger partial charge is 0.497 e. The van der Waals surface area contributed by atoms with Gasteiger partial charge in [-0.2, -0.15) is 10.1 Å². The van der Waals surface area contributed by atoms with Crippen LogP contribution in [0.3, 0.4) is 0 Å². The number of benzene rings is 3. The van der Waals surface area contributed by atoms with Crippen LogP contribution in [0.1, 0.15) is 11.1 Å². The van der Waals surface area contributed by atoms with Gasteiger partial charge in [-0.3, -0.25) is 14.9 Å². The summed E-state index contributed by atoms with van der Waals surface area (Å²) in [6.45, 7) is 0. The molecule has 0 atom stereocenters. The molecule has 8 nitrogen and oxygen atoms in total. The molecule has 1 aromatic heterocycles. The smallest absolute Gasteiger partial charge is 0.273 e. The van der Waals surface area contributed by atoms with Crippen LogP contribution < -0.4 is 9.75 Å². The fraction of sp³-hybridized carbons (Fsp3) is 0.0417. The summed E-state index contributed by atoms with van der Waals surface area (Å²) in [5.41, 5.74) is 1.98. The van der Waals surface area contributed by atoms with E-state index in [1.165, 1.54) is 40.6 Å². The zero-order chi connectivity index (χ0) is 24.1. The molecule has 0 unspecified atom stereocenters. The predicted octanol–water partition coefficient (Wildman–Crippen LogP) is 6.06. The maximum atomic E-state index is 13.1. The number of aromatic nitrogens is 1. The number of fused-ring (bicyclic) bond motifs is 1. The number of amides is 1. The number of nitrogens with zero attached hydrogens (tertiary/aromatic N) is 4. The number of ether oxygens (including phenoxy) is 1. The lowest BCUT2D eigenvalue weighted by Gasteiger charge is -2.11. The van der Waals surface area contributed by atoms with Crippen LogP contribution in [0.25, 0.3) is 16.3 Å². The number of rotatable bonds is 7. The van der Waals surface area contributed by atoms with Crippen molar-refractivity contribution >= 4 is 66.5 Å². The van der Waals surface area contributed by atoms with Crippen molar-refractivity contribution in [3.63, 3.8) is 0 Å². The van der Waals surface area contributed by atoms with E-state index in [9.17, 15) is 14.9 Å². The first-order chi connectivity index (χ1) is 16.4. The van der Waals surface area contributed by atoms with Crippen molar-refractivity contribution in [2.24, 2.45) is 5.10 Å². The molecule has 4 aromatic rings. The van der Waals surface area contributed by atoms with Crippen molar-refractivity contribution in [1.82, 2.24) is 4.98 Å². The molecule has 0 N–H and O–H groups in total. The summed E-state index contributed by atoms with van der Waals surface area (Å²) in [7, 11) is 1.59. The molecule has 4 rings (SSSR count). The Morgan fingerprint density at radius 2 is 1.94 bits per heavy atom. The van der Waals surface area contributed by atoms with Gasteiger partial charge in [-0.15, -0.1) is 0 Å². The van der Waals surface area contributed by atoms with Gasteiger partial charge >= 0.3 is 0 Å². The molecule has 1 amide bonds. The Hall–Kier alpha value is -3.89. The third-order valence-electron chi connectivity index (χ3n) is 4.67. The number of thiazole rings is 1. The number of methoxy groups -OCH3 is 1. The minimum Gasteiger partial charge on any atom is -0.497 e. The minimum atomic E-state index is -0.482. The van der Waals surface area contributed by atoms with Crippen molar-refractivity contribution in [2.75, 3.05) is 12.1 Å². The molecule has 0 aliphatic carbocycles. The lowest BCUT2D eigenvalue weighted by Crippen LogP contribution is -2.23. The van der Waals surface area contributed by atoms with Gasteiger partial charge in [0.05, 0.1) is 28.5 Å². The topological polar surface area (TPSA) is 97.9 Å². The first kappa shape index (κ1) is 23.3. The molecule has 0 fully saturated rings. The fourth-order valence-corrected chi connectivity index (χ4v) is 4.45. The number of halogens is 1. The second-order valence-electron chi connectivity index (χ2n) is 6.96. The van der Waals surface area contributed by atoms with Crippen molar-refractivity contribution in [3.05, 3.63) is 98.5 Å². The van der Waals surface area contributed by atoms with Gasteiger partial charge < -0.3 is 4.74 Å². The number of nitro groups is 1. The summed E-state index contributed by atoms with van der Waals surface area (Å²) < 4.78 is 6.97. The first-order valence-electron chi connectivity index (χ1n) is 9.94. The van der Waals surface area contributed by atoms with Gasteiger partial charge in [0, 0.05) is 22.7 Å². The number of anilines is 1. The van der Waals surface area contributed by atoms with E-state index in [1.807, 2.05) is 30.3 Å². The minimum absolute atomic E-state index is 0.0549. The molecule has 0 bridgehead atoms. The van der Waals surface area contributed by atoms with E-state index in [2.05, 4.69) is 26.0 Å². The van der Waals surface area contributed by atoms with Crippen LogP contribution in [0.15, 0.2) is 82.4 Å². The van der Waals surface area contributed by atoms with E-state index >= 15 is 0 Å². The van der Waals surface area contributed by atoms with Crippen LogP contribution in [0, 0.1) is 10.1 Å². The molecule has 0 aliphatic rings. The summed E-state index contributed by atoms with van der Waals surface area (Å²) in [6, 6.07) is 18.9. The SMILES string of the molecule is COc1ccc(/C=N/N(C(=O)/C=C/c2cccc([N+](=O)[O-])c2)c2nc3ccc(Br)cc3s2)cc1. The van der Waals surface area contributed by atoms with Crippen LogP contribution >= 0.6 is 27.3 Å². The predicted molar refractivity (Wildman–Crippen MR) is 138 cm³/mol. The van der Waals surface area contributed by atoms with E-state index in [-0.39, 0.29) is 5.69 Å². The Morgan fingerprint density at radius 3 is 2.68 bits per heavy atom. The monoisotopic (exact) mass is 536 g/mol. The molecule has 0 saturated heterocycles. The molecular formula is C24H17BrN4O4S. The van der Waals surface area contributed by atoms with Crippen molar-refractivity contribution < 1.29 is 14.5 Å². The number of carbonyl (C=O) groups excluding carboxylic acids is 1. The standard InChI is InChI=1S/C24H17BrN4O4S/c1-33-20-9-5-17(6-10-20)15-26-28(24-27-21-11-8-18(25)14-22(21)34-24)23(30)12-7-16-3-2-4-19(13-16)29(31)32/h2-15H,1H3/b12-7+,26-15+. The highest BCUT2D eigenvalue weighted by molar-refractivity contribution is 9.10. The van der Waals surface area contributed by atoms with Gasteiger partial charge in [-0.05, 0) is 59.7 Å². The van der Waals surface area contributed by atoms with Crippen LogP contribution in [-0.4, -0.2) is 29.1 Å². The summed E-state index contributed by atoms with van der Waals surface area (Å²) in [5.74, 6) is 0.260. The Bertz CT molecular complexity index is 1420. The van der Waals surface area contributed by atoms with Gasteiger partial charge in [-0.1, -0.05) is 39.4 Å². The molecular weight excluding hydrogens is 520 g/mol. The number of hydrogen-bond donors (Lipinski definition) is 0. The number of carbonyl (C=O) groups is 1. The Labute approximate surface area is 207 Å². The number of non-ortho nitro benzene ring substituents is 1. The Morgan fingerprint density at radius 1 is 1.15 bits per heavy atom. The lowest BCUT2D eigenvalue weighted by atomic mass is 10.2. The average molecular weight is 537 g/mol. The zero-order valence-corrected chi connectivity index (χ0v) is 20.2. The highest BCUT2D eigenvalue weighted by Crippen LogP contribution is 2.31. The molecule has 0 spiro atoms. The van der Waals surface area contributed by atoms with Crippen LogP contribution in [-0.2, 0) is 4.79 Å². The van der Waals surface area contributed by atoms with Gasteiger partial charge in [-0.25, -0.2) is 4.98 Å².